The van der Waals surface area contributed by atoms with Gasteiger partial charge in [-0.1, -0.05) is 6.92 Å². The van der Waals surface area contributed by atoms with E-state index >= 15 is 0 Å². The van der Waals surface area contributed by atoms with Crippen LogP contribution < -0.4 is 5.32 Å². The van der Waals surface area contributed by atoms with Crippen LogP contribution in [0.3, 0.4) is 0 Å². The summed E-state index contributed by atoms with van der Waals surface area (Å²) in [7, 11) is -3.21. The zero-order chi connectivity index (χ0) is 13.5. The molecule has 0 saturated carbocycles. The molecular weight excluding hydrogens is 248 g/mol. The quantitative estimate of drug-likeness (QED) is 0.444. The molecule has 0 aromatic heterocycles. The first-order valence-corrected chi connectivity index (χ1v) is 7.05. The molecule has 0 aliphatic carbocycles. The van der Waals surface area contributed by atoms with E-state index < -0.39 is 28.3 Å². The largest absolute Gasteiger partial charge is 0.481 e. The summed E-state index contributed by atoms with van der Waals surface area (Å²) in [4.78, 5) is 21.1. The van der Waals surface area contributed by atoms with Gasteiger partial charge in [0.1, 0.15) is 6.42 Å². The van der Waals surface area contributed by atoms with Crippen LogP contribution in [0.2, 0.25) is 0 Å². The number of aliphatic carboxylic acids is 1. The Labute approximate surface area is 101 Å². The van der Waals surface area contributed by atoms with E-state index in [9.17, 15) is 18.0 Å². The summed E-state index contributed by atoms with van der Waals surface area (Å²) in [6.07, 6.45) is 1.01. The average Bonchev–Trinajstić information content (AvgIpc) is 2.14. The van der Waals surface area contributed by atoms with Crippen molar-refractivity contribution in [3.8, 4) is 0 Å². The molecule has 0 fully saturated rings. The fraction of sp³-hybridized carbons (Fsp3) is 0.778. The Bertz CT molecular complexity index is 366. The van der Waals surface area contributed by atoms with Crippen LogP contribution in [-0.2, 0) is 19.6 Å². The van der Waals surface area contributed by atoms with Gasteiger partial charge in [-0.25, -0.2) is 12.7 Å². The van der Waals surface area contributed by atoms with Gasteiger partial charge in [0.05, 0.1) is 6.26 Å². The average molecular weight is 266 g/mol. The maximum atomic E-state index is 11.2. The van der Waals surface area contributed by atoms with Crippen molar-refractivity contribution in [2.75, 3.05) is 25.9 Å². The van der Waals surface area contributed by atoms with Crippen molar-refractivity contribution in [1.82, 2.24) is 9.62 Å². The van der Waals surface area contributed by atoms with Gasteiger partial charge in [-0.3, -0.25) is 9.59 Å². The summed E-state index contributed by atoms with van der Waals surface area (Å²) >= 11 is 0. The Kier molecular flexibility index (Phi) is 6.74. The highest BCUT2D eigenvalue weighted by atomic mass is 32.2. The maximum Gasteiger partial charge on any atom is 0.312 e. The molecule has 0 heterocycles. The summed E-state index contributed by atoms with van der Waals surface area (Å²) in [5.74, 6) is -1.76. The highest BCUT2D eigenvalue weighted by Crippen LogP contribution is 1.98. The zero-order valence-electron chi connectivity index (χ0n) is 9.97. The third-order valence-electron chi connectivity index (χ3n) is 2.04. The van der Waals surface area contributed by atoms with Crippen LogP contribution in [0.5, 0.6) is 0 Å². The molecule has 8 heteroatoms. The number of nitrogens with zero attached hydrogens (tertiary/aromatic N) is 1. The van der Waals surface area contributed by atoms with Crippen LogP contribution in [0, 0.1) is 0 Å². The summed E-state index contributed by atoms with van der Waals surface area (Å²) in [6.45, 7) is 2.67. The highest BCUT2D eigenvalue weighted by molar-refractivity contribution is 7.88. The van der Waals surface area contributed by atoms with Gasteiger partial charge in [-0.2, -0.15) is 0 Å². The molecule has 0 radical (unpaired) electrons. The lowest BCUT2D eigenvalue weighted by Crippen LogP contribution is -2.33. The summed E-state index contributed by atoms with van der Waals surface area (Å²) in [5, 5.41) is 10.7. The number of nitrogens with one attached hydrogen (secondary N) is 1. The number of carboxylic acid groups (broad SMARTS) is 1. The highest BCUT2D eigenvalue weighted by Gasteiger charge is 2.13. The topological polar surface area (TPSA) is 104 Å². The van der Waals surface area contributed by atoms with Gasteiger partial charge in [0.15, 0.2) is 0 Å². The molecule has 0 aromatic carbocycles. The standard InChI is InChI=1S/C9H18N2O5S/c1-3-11(17(2,15)16)6-4-5-10-8(12)7-9(13)14/h3-7H2,1-2H3,(H,10,12)(H,13,14). The second-order valence-electron chi connectivity index (χ2n) is 3.53. The van der Waals surface area contributed by atoms with Gasteiger partial charge in [-0.15, -0.1) is 0 Å². The third kappa shape index (κ3) is 7.70. The molecule has 1 amide bonds. The Balaban J connectivity index is 3.84. The van der Waals surface area contributed by atoms with Gasteiger partial charge in [-0.05, 0) is 6.42 Å². The number of hydrogen-bond acceptors (Lipinski definition) is 4. The molecule has 0 rings (SSSR count). The van der Waals surface area contributed by atoms with Gasteiger partial charge in [0.25, 0.3) is 0 Å². The Morgan fingerprint density at radius 3 is 2.35 bits per heavy atom. The lowest BCUT2D eigenvalue weighted by molar-refractivity contribution is -0.140. The molecular formula is C9H18N2O5S. The van der Waals surface area contributed by atoms with Gasteiger partial charge >= 0.3 is 5.97 Å². The zero-order valence-corrected chi connectivity index (χ0v) is 10.8. The first-order chi connectivity index (χ1) is 7.77. The van der Waals surface area contributed by atoms with Crippen molar-refractivity contribution in [3.63, 3.8) is 0 Å². The monoisotopic (exact) mass is 266 g/mol. The molecule has 17 heavy (non-hydrogen) atoms. The van der Waals surface area contributed by atoms with Crippen LogP contribution in [0.15, 0.2) is 0 Å². The first-order valence-electron chi connectivity index (χ1n) is 5.21. The molecule has 0 atom stereocenters. The lowest BCUT2D eigenvalue weighted by Gasteiger charge is -2.17. The second kappa shape index (κ2) is 7.23. The fourth-order valence-electron chi connectivity index (χ4n) is 1.24. The van der Waals surface area contributed by atoms with E-state index in [0.717, 1.165) is 6.26 Å². The van der Waals surface area contributed by atoms with Gasteiger partial charge < -0.3 is 10.4 Å². The van der Waals surface area contributed by atoms with E-state index in [4.69, 9.17) is 5.11 Å². The van der Waals surface area contributed by atoms with E-state index in [1.807, 2.05) is 0 Å². The fourth-order valence-corrected chi connectivity index (χ4v) is 2.17. The first kappa shape index (κ1) is 15.9. The van der Waals surface area contributed by atoms with Gasteiger partial charge in [0.2, 0.25) is 15.9 Å². The predicted molar refractivity (Wildman–Crippen MR) is 62.0 cm³/mol. The van der Waals surface area contributed by atoms with E-state index in [-0.39, 0.29) is 6.54 Å². The number of sulfonamides is 1. The predicted octanol–water partition coefficient (Wildman–Crippen LogP) is -0.751. The van der Waals surface area contributed by atoms with Crippen molar-refractivity contribution in [1.29, 1.82) is 0 Å². The van der Waals surface area contributed by atoms with Crippen molar-refractivity contribution in [2.24, 2.45) is 0 Å². The van der Waals surface area contributed by atoms with Gasteiger partial charge in [0, 0.05) is 19.6 Å². The smallest absolute Gasteiger partial charge is 0.312 e. The van der Waals surface area contributed by atoms with Crippen molar-refractivity contribution in [2.45, 2.75) is 19.8 Å². The van der Waals surface area contributed by atoms with Crippen molar-refractivity contribution in [3.05, 3.63) is 0 Å². The van der Waals surface area contributed by atoms with E-state index in [1.54, 1.807) is 6.92 Å². The maximum absolute atomic E-state index is 11.2. The number of hydrogen-bond donors (Lipinski definition) is 2. The second-order valence-corrected chi connectivity index (χ2v) is 5.51. The van der Waals surface area contributed by atoms with Crippen molar-refractivity contribution >= 4 is 21.9 Å². The molecule has 0 aromatic rings. The number of amides is 1. The Morgan fingerprint density at radius 2 is 1.94 bits per heavy atom. The Morgan fingerprint density at radius 1 is 1.35 bits per heavy atom. The van der Waals surface area contributed by atoms with E-state index in [1.165, 1.54) is 4.31 Å². The normalized spacial score (nSPS) is 11.5. The van der Waals surface area contributed by atoms with Crippen LogP contribution in [0.4, 0.5) is 0 Å². The number of carbonyl (C=O) groups excluding carboxylic acids is 1. The number of carboxylic acids is 1. The molecule has 0 spiro atoms. The van der Waals surface area contributed by atoms with Crippen LogP contribution in [0.25, 0.3) is 0 Å². The lowest BCUT2D eigenvalue weighted by atomic mass is 10.3. The molecule has 2 N–H and O–H groups in total. The minimum Gasteiger partial charge on any atom is -0.481 e. The Hall–Kier alpha value is -1.15. The molecule has 0 bridgehead atoms. The van der Waals surface area contributed by atoms with Crippen LogP contribution in [0.1, 0.15) is 19.8 Å². The SMILES string of the molecule is CCN(CCCNC(=O)CC(=O)O)S(C)(=O)=O. The third-order valence-corrected chi connectivity index (χ3v) is 3.42. The number of carbonyl (C=O) groups is 2. The summed E-state index contributed by atoms with van der Waals surface area (Å²) < 4.78 is 23.7. The van der Waals surface area contributed by atoms with Crippen LogP contribution >= 0.6 is 0 Å². The summed E-state index contributed by atoms with van der Waals surface area (Å²) in [6, 6.07) is 0. The number of rotatable bonds is 8. The molecule has 0 aliphatic rings. The summed E-state index contributed by atoms with van der Waals surface area (Å²) in [5.41, 5.74) is 0. The molecule has 0 saturated heterocycles. The van der Waals surface area contributed by atoms with E-state index in [2.05, 4.69) is 5.32 Å². The molecule has 100 valence electrons. The van der Waals surface area contributed by atoms with Crippen LogP contribution in [-0.4, -0.2) is 55.6 Å². The molecule has 0 unspecified atom stereocenters. The molecule has 7 nitrogen and oxygen atoms in total. The molecule has 0 aliphatic heterocycles. The minimum atomic E-state index is -3.21. The van der Waals surface area contributed by atoms with Crippen molar-refractivity contribution < 1.29 is 23.1 Å². The minimum absolute atomic E-state index is 0.262. The van der Waals surface area contributed by atoms with E-state index in [0.29, 0.717) is 19.5 Å².